The van der Waals surface area contributed by atoms with E-state index < -0.39 is 15.8 Å². The number of halogens is 1. The predicted molar refractivity (Wildman–Crippen MR) is 71.9 cm³/mol. The van der Waals surface area contributed by atoms with Gasteiger partial charge in [0.2, 0.25) is 10.0 Å². The molecule has 0 amide bonds. The smallest absolute Gasteiger partial charge is 0.242 e. The summed E-state index contributed by atoms with van der Waals surface area (Å²) in [5, 5.41) is 0. The summed E-state index contributed by atoms with van der Waals surface area (Å²) in [4.78, 5) is 0.00353. The molecular formula is C12H19FN2O3S. The molecule has 0 aliphatic heterocycles. The fraction of sp³-hybridized carbons (Fsp3) is 0.500. The standard InChI is InChI=1S/C12H19FN2O3S/c1-9-7-10(8-11(14)12(9)13)19(16,17)15(2)5-4-6-18-3/h7-8H,4-6,14H2,1-3H3. The van der Waals surface area contributed by atoms with E-state index in [0.29, 0.717) is 19.6 Å². The van der Waals surface area contributed by atoms with Gasteiger partial charge in [0.15, 0.2) is 0 Å². The first-order valence-electron chi connectivity index (χ1n) is 5.81. The van der Waals surface area contributed by atoms with Gasteiger partial charge in [0, 0.05) is 27.3 Å². The molecule has 1 aromatic carbocycles. The first-order chi connectivity index (χ1) is 8.80. The molecule has 7 heteroatoms. The molecule has 0 aliphatic carbocycles. The Hall–Kier alpha value is -1.18. The maximum absolute atomic E-state index is 13.4. The topological polar surface area (TPSA) is 72.6 Å². The fourth-order valence-electron chi connectivity index (χ4n) is 1.64. The second kappa shape index (κ2) is 6.31. The van der Waals surface area contributed by atoms with Crippen molar-refractivity contribution in [3.63, 3.8) is 0 Å². The van der Waals surface area contributed by atoms with Crippen LogP contribution in [0.1, 0.15) is 12.0 Å². The summed E-state index contributed by atoms with van der Waals surface area (Å²) in [6.45, 7) is 2.28. The van der Waals surface area contributed by atoms with Crippen molar-refractivity contribution in [1.29, 1.82) is 0 Å². The molecule has 2 N–H and O–H groups in total. The van der Waals surface area contributed by atoms with Crippen LogP contribution in [0.25, 0.3) is 0 Å². The second-order valence-corrected chi connectivity index (χ2v) is 6.36. The molecule has 5 nitrogen and oxygen atoms in total. The molecule has 1 rings (SSSR count). The molecule has 0 radical (unpaired) electrons. The Bertz CT molecular complexity index is 523. The minimum Gasteiger partial charge on any atom is -0.396 e. The van der Waals surface area contributed by atoms with Gasteiger partial charge in [-0.05, 0) is 31.0 Å². The number of aryl methyl sites for hydroxylation is 1. The molecule has 108 valence electrons. The van der Waals surface area contributed by atoms with Crippen molar-refractivity contribution in [3.05, 3.63) is 23.5 Å². The summed E-state index contributed by atoms with van der Waals surface area (Å²) in [6.07, 6.45) is 0.585. The lowest BCUT2D eigenvalue weighted by Gasteiger charge is -2.17. The third kappa shape index (κ3) is 3.65. The van der Waals surface area contributed by atoms with Crippen LogP contribution >= 0.6 is 0 Å². The van der Waals surface area contributed by atoms with Gasteiger partial charge in [-0.2, -0.15) is 0 Å². The van der Waals surface area contributed by atoms with E-state index >= 15 is 0 Å². The van der Waals surface area contributed by atoms with Crippen LogP contribution < -0.4 is 5.73 Å². The Morgan fingerprint density at radius 2 is 2.05 bits per heavy atom. The number of methoxy groups -OCH3 is 1. The van der Waals surface area contributed by atoms with Gasteiger partial charge in [-0.25, -0.2) is 17.1 Å². The number of nitrogens with zero attached hydrogens (tertiary/aromatic N) is 1. The van der Waals surface area contributed by atoms with Crippen LogP contribution in [0.5, 0.6) is 0 Å². The molecule has 0 aromatic heterocycles. The van der Waals surface area contributed by atoms with Gasteiger partial charge >= 0.3 is 0 Å². The quantitative estimate of drug-likeness (QED) is 0.634. The van der Waals surface area contributed by atoms with Crippen molar-refractivity contribution < 1.29 is 17.5 Å². The highest BCUT2D eigenvalue weighted by molar-refractivity contribution is 7.89. The Morgan fingerprint density at radius 1 is 1.42 bits per heavy atom. The molecule has 0 saturated carbocycles. The molecule has 0 heterocycles. The summed E-state index contributed by atoms with van der Waals surface area (Å²) < 4.78 is 44.0. The monoisotopic (exact) mass is 290 g/mol. The molecule has 0 spiro atoms. The van der Waals surface area contributed by atoms with Crippen LogP contribution in [-0.2, 0) is 14.8 Å². The van der Waals surface area contributed by atoms with Gasteiger partial charge in [0.05, 0.1) is 10.6 Å². The summed E-state index contributed by atoms with van der Waals surface area (Å²) >= 11 is 0. The van der Waals surface area contributed by atoms with Crippen LogP contribution in [-0.4, -0.2) is 40.0 Å². The predicted octanol–water partition coefficient (Wildman–Crippen LogP) is 1.37. The van der Waals surface area contributed by atoms with Gasteiger partial charge in [0.25, 0.3) is 0 Å². The molecule has 0 unspecified atom stereocenters. The third-order valence-electron chi connectivity index (χ3n) is 2.79. The Morgan fingerprint density at radius 3 is 2.58 bits per heavy atom. The number of nitrogens with two attached hydrogens (primary N) is 1. The van der Waals surface area contributed by atoms with E-state index in [1.165, 1.54) is 24.3 Å². The van der Waals surface area contributed by atoms with Gasteiger partial charge in [-0.15, -0.1) is 0 Å². The van der Waals surface area contributed by atoms with Crippen LogP contribution in [0.3, 0.4) is 0 Å². The molecular weight excluding hydrogens is 271 g/mol. The number of ether oxygens (including phenoxy) is 1. The van der Waals surface area contributed by atoms with Crippen molar-refractivity contribution >= 4 is 15.7 Å². The normalized spacial score (nSPS) is 12.1. The van der Waals surface area contributed by atoms with E-state index in [0.717, 1.165) is 6.07 Å². The maximum atomic E-state index is 13.4. The highest BCUT2D eigenvalue weighted by Gasteiger charge is 2.22. The lowest BCUT2D eigenvalue weighted by Crippen LogP contribution is -2.28. The molecule has 0 atom stereocenters. The highest BCUT2D eigenvalue weighted by Crippen LogP contribution is 2.23. The minimum atomic E-state index is -3.65. The molecule has 0 bridgehead atoms. The number of anilines is 1. The Kier molecular flexibility index (Phi) is 5.28. The average Bonchev–Trinajstić information content (AvgIpc) is 2.35. The lowest BCUT2D eigenvalue weighted by atomic mass is 10.2. The van der Waals surface area contributed by atoms with Crippen LogP contribution in [0, 0.1) is 12.7 Å². The number of nitrogen functional groups attached to an aromatic ring is 1. The van der Waals surface area contributed by atoms with Gasteiger partial charge in [-0.1, -0.05) is 0 Å². The van der Waals surface area contributed by atoms with Crippen molar-refractivity contribution in [1.82, 2.24) is 4.31 Å². The number of benzene rings is 1. The van der Waals surface area contributed by atoms with E-state index in [2.05, 4.69) is 0 Å². The maximum Gasteiger partial charge on any atom is 0.242 e. The number of hydrogen-bond donors (Lipinski definition) is 1. The Labute approximate surface area is 113 Å². The first-order valence-corrected chi connectivity index (χ1v) is 7.25. The van der Waals surface area contributed by atoms with E-state index in [9.17, 15) is 12.8 Å². The first kappa shape index (κ1) is 15.9. The van der Waals surface area contributed by atoms with E-state index in [4.69, 9.17) is 10.5 Å². The van der Waals surface area contributed by atoms with Crippen molar-refractivity contribution in [2.24, 2.45) is 0 Å². The SMILES string of the molecule is COCCCN(C)S(=O)(=O)c1cc(C)c(F)c(N)c1. The highest BCUT2D eigenvalue weighted by atomic mass is 32.2. The third-order valence-corrected chi connectivity index (χ3v) is 4.62. The molecule has 19 heavy (non-hydrogen) atoms. The zero-order chi connectivity index (χ0) is 14.6. The van der Waals surface area contributed by atoms with Crippen LogP contribution in [0.4, 0.5) is 10.1 Å². The van der Waals surface area contributed by atoms with Crippen LogP contribution in [0.15, 0.2) is 17.0 Å². The Balaban J connectivity index is 3.00. The second-order valence-electron chi connectivity index (χ2n) is 4.32. The minimum absolute atomic E-state index is 0.00353. The fourth-order valence-corrected chi connectivity index (χ4v) is 2.97. The molecule has 1 aromatic rings. The van der Waals surface area contributed by atoms with Gasteiger partial charge < -0.3 is 10.5 Å². The zero-order valence-electron chi connectivity index (χ0n) is 11.3. The van der Waals surface area contributed by atoms with Crippen molar-refractivity contribution in [3.8, 4) is 0 Å². The van der Waals surface area contributed by atoms with E-state index in [-0.39, 0.29) is 16.1 Å². The number of hydrogen-bond acceptors (Lipinski definition) is 4. The zero-order valence-corrected chi connectivity index (χ0v) is 12.1. The van der Waals surface area contributed by atoms with E-state index in [1.54, 1.807) is 7.11 Å². The lowest BCUT2D eigenvalue weighted by molar-refractivity contribution is 0.189. The molecule has 0 fully saturated rings. The summed E-state index contributed by atoms with van der Waals surface area (Å²) in [6, 6.07) is 2.43. The average molecular weight is 290 g/mol. The van der Waals surface area contributed by atoms with E-state index in [1.807, 2.05) is 0 Å². The van der Waals surface area contributed by atoms with Crippen molar-refractivity contribution in [2.75, 3.05) is 33.0 Å². The molecule has 0 saturated heterocycles. The van der Waals surface area contributed by atoms with Gasteiger partial charge in [0.1, 0.15) is 5.82 Å². The van der Waals surface area contributed by atoms with Crippen molar-refractivity contribution in [2.45, 2.75) is 18.2 Å². The summed E-state index contributed by atoms with van der Waals surface area (Å²) in [5.41, 5.74) is 5.51. The largest absolute Gasteiger partial charge is 0.396 e. The molecule has 0 aliphatic rings. The number of sulfonamides is 1. The number of rotatable bonds is 6. The van der Waals surface area contributed by atoms with Gasteiger partial charge in [-0.3, -0.25) is 0 Å². The summed E-state index contributed by atoms with van der Waals surface area (Å²) in [7, 11) is -0.624. The summed E-state index contributed by atoms with van der Waals surface area (Å²) in [5.74, 6) is -0.582. The van der Waals surface area contributed by atoms with Crippen LogP contribution in [0.2, 0.25) is 0 Å².